The molecule has 0 spiro atoms. The normalized spacial score (nSPS) is 23.0. The zero-order valence-electron chi connectivity index (χ0n) is 12.9. The molecule has 2 rings (SSSR count). The number of nitrogens with two attached hydrogens (primary N) is 1. The number of hydrogen-bond donors (Lipinski definition) is 1. The number of halogens is 1. The average Bonchev–Trinajstić information content (AvgIpc) is 2.90. The molecule has 1 aromatic rings. The summed E-state index contributed by atoms with van der Waals surface area (Å²) in [6.45, 7) is 5.00. The summed E-state index contributed by atoms with van der Waals surface area (Å²) >= 11 is 3.60. The van der Waals surface area contributed by atoms with Gasteiger partial charge in [0, 0.05) is 17.1 Å². The Morgan fingerprint density at radius 1 is 1.43 bits per heavy atom. The minimum Gasteiger partial charge on any atom is -0.336 e. The lowest BCUT2D eigenvalue weighted by molar-refractivity contribution is -0.138. The summed E-state index contributed by atoms with van der Waals surface area (Å²) in [5.74, 6) is 0.228. The third-order valence-corrected chi connectivity index (χ3v) is 5.18. The van der Waals surface area contributed by atoms with E-state index < -0.39 is 0 Å². The molecule has 4 heteroatoms. The van der Waals surface area contributed by atoms with Crippen LogP contribution in [0.1, 0.15) is 51.1 Å². The number of carbonyl (C=O) groups excluding carboxylic acids is 1. The Morgan fingerprint density at radius 2 is 2.14 bits per heavy atom. The van der Waals surface area contributed by atoms with Crippen molar-refractivity contribution in [2.24, 2.45) is 11.7 Å². The molecule has 21 heavy (non-hydrogen) atoms. The lowest BCUT2D eigenvalue weighted by Gasteiger charge is -2.33. The molecule has 1 amide bonds. The number of nitrogens with zero attached hydrogens (tertiary/aromatic N) is 1. The third kappa shape index (κ3) is 3.67. The van der Waals surface area contributed by atoms with Gasteiger partial charge in [0.15, 0.2) is 0 Å². The van der Waals surface area contributed by atoms with Crippen LogP contribution < -0.4 is 5.73 Å². The van der Waals surface area contributed by atoms with E-state index in [-0.39, 0.29) is 23.9 Å². The van der Waals surface area contributed by atoms with Crippen molar-refractivity contribution in [2.45, 2.75) is 51.6 Å². The summed E-state index contributed by atoms with van der Waals surface area (Å²) < 4.78 is 1.06. The van der Waals surface area contributed by atoms with E-state index in [9.17, 15) is 4.79 Å². The van der Waals surface area contributed by atoms with Crippen molar-refractivity contribution in [3.63, 3.8) is 0 Å². The van der Waals surface area contributed by atoms with Crippen molar-refractivity contribution in [1.29, 1.82) is 0 Å². The molecule has 0 saturated heterocycles. The summed E-state index contributed by atoms with van der Waals surface area (Å²) in [6.07, 6.45) is 3.94. The van der Waals surface area contributed by atoms with Crippen molar-refractivity contribution in [3.8, 4) is 0 Å². The quantitative estimate of drug-likeness (QED) is 0.873. The Kier molecular flexibility index (Phi) is 5.82. The van der Waals surface area contributed by atoms with Crippen LogP contribution >= 0.6 is 15.9 Å². The fraction of sp³-hybridized carbons (Fsp3) is 0.588. The Labute approximate surface area is 136 Å². The Balaban J connectivity index is 2.22. The van der Waals surface area contributed by atoms with Gasteiger partial charge in [-0.05, 0) is 37.8 Å². The van der Waals surface area contributed by atoms with E-state index in [4.69, 9.17) is 5.73 Å². The number of hydrogen-bond acceptors (Lipinski definition) is 2. The summed E-state index contributed by atoms with van der Waals surface area (Å²) in [5.41, 5.74) is 7.28. The van der Waals surface area contributed by atoms with Crippen LogP contribution in [0.15, 0.2) is 28.7 Å². The van der Waals surface area contributed by atoms with Gasteiger partial charge >= 0.3 is 0 Å². The molecule has 2 N–H and O–H groups in total. The topological polar surface area (TPSA) is 46.3 Å². The van der Waals surface area contributed by atoms with Gasteiger partial charge in [0.05, 0.1) is 12.0 Å². The highest BCUT2D eigenvalue weighted by molar-refractivity contribution is 9.10. The maximum Gasteiger partial charge on any atom is 0.227 e. The summed E-state index contributed by atoms with van der Waals surface area (Å²) in [5, 5.41) is 0. The number of rotatable bonds is 5. The summed E-state index contributed by atoms with van der Waals surface area (Å²) in [6, 6.07) is 8.23. The smallest absolute Gasteiger partial charge is 0.227 e. The first kappa shape index (κ1) is 16.5. The number of carbonyl (C=O) groups is 1. The first-order valence-corrected chi connectivity index (χ1v) is 8.66. The van der Waals surface area contributed by atoms with Crippen LogP contribution in [-0.4, -0.2) is 23.4 Å². The van der Waals surface area contributed by atoms with Gasteiger partial charge in [0.25, 0.3) is 0 Å². The number of amides is 1. The van der Waals surface area contributed by atoms with Crippen molar-refractivity contribution in [2.75, 3.05) is 6.54 Å². The zero-order valence-corrected chi connectivity index (χ0v) is 14.5. The van der Waals surface area contributed by atoms with Crippen molar-refractivity contribution >= 4 is 21.8 Å². The maximum absolute atomic E-state index is 12.9. The van der Waals surface area contributed by atoms with Gasteiger partial charge in [0.2, 0.25) is 5.91 Å². The summed E-state index contributed by atoms with van der Waals surface area (Å²) in [4.78, 5) is 14.9. The van der Waals surface area contributed by atoms with E-state index >= 15 is 0 Å². The molecular formula is C17H25BrN2O. The van der Waals surface area contributed by atoms with Crippen LogP contribution in [0, 0.1) is 5.92 Å². The monoisotopic (exact) mass is 352 g/mol. The Morgan fingerprint density at radius 3 is 2.71 bits per heavy atom. The van der Waals surface area contributed by atoms with Crippen LogP contribution in [0.3, 0.4) is 0 Å². The van der Waals surface area contributed by atoms with Crippen LogP contribution in [0.25, 0.3) is 0 Å². The van der Waals surface area contributed by atoms with Crippen molar-refractivity contribution in [3.05, 3.63) is 34.3 Å². The second kappa shape index (κ2) is 7.41. The van der Waals surface area contributed by atoms with Gasteiger partial charge in [-0.1, -0.05) is 47.5 Å². The molecule has 0 radical (unpaired) electrons. The molecule has 1 aromatic carbocycles. The van der Waals surface area contributed by atoms with Gasteiger partial charge in [-0.15, -0.1) is 0 Å². The SMILES string of the molecule is CCCN(C(=O)C1CCCC1N)C(C)c1ccccc1Br. The Bertz CT molecular complexity index is 491. The minimum absolute atomic E-state index is 0.00138. The third-order valence-electron chi connectivity index (χ3n) is 4.46. The predicted octanol–water partition coefficient (Wildman–Crippen LogP) is 3.88. The van der Waals surface area contributed by atoms with Gasteiger partial charge < -0.3 is 10.6 Å². The molecule has 1 aliphatic rings. The average molecular weight is 353 g/mol. The molecule has 116 valence electrons. The highest BCUT2D eigenvalue weighted by atomic mass is 79.9. The highest BCUT2D eigenvalue weighted by Gasteiger charge is 2.35. The second-order valence-electron chi connectivity index (χ2n) is 5.93. The Hall–Kier alpha value is -0.870. The van der Waals surface area contributed by atoms with E-state index in [2.05, 4.69) is 35.8 Å². The lowest BCUT2D eigenvalue weighted by atomic mass is 9.99. The molecule has 1 aliphatic carbocycles. The molecule has 0 bridgehead atoms. The van der Waals surface area contributed by atoms with E-state index in [1.807, 2.05) is 23.1 Å². The predicted molar refractivity (Wildman–Crippen MR) is 89.9 cm³/mol. The van der Waals surface area contributed by atoms with E-state index in [0.717, 1.165) is 42.3 Å². The van der Waals surface area contributed by atoms with Gasteiger partial charge in [-0.2, -0.15) is 0 Å². The molecule has 0 aliphatic heterocycles. The fourth-order valence-electron chi connectivity index (χ4n) is 3.23. The highest BCUT2D eigenvalue weighted by Crippen LogP contribution is 2.32. The first-order valence-electron chi connectivity index (χ1n) is 7.86. The maximum atomic E-state index is 12.9. The fourth-order valence-corrected chi connectivity index (χ4v) is 3.84. The second-order valence-corrected chi connectivity index (χ2v) is 6.78. The van der Waals surface area contributed by atoms with Crippen LogP contribution in [-0.2, 0) is 4.79 Å². The lowest BCUT2D eigenvalue weighted by Crippen LogP contribution is -2.43. The minimum atomic E-state index is 0.00138. The zero-order chi connectivity index (χ0) is 15.4. The van der Waals surface area contributed by atoms with Gasteiger partial charge in [-0.3, -0.25) is 4.79 Å². The molecule has 1 fully saturated rings. The standard InChI is InChI=1S/C17H25BrN2O/c1-3-11-20(17(21)14-8-6-10-16(14)19)12(2)13-7-4-5-9-15(13)18/h4-5,7,9,12,14,16H,3,6,8,10-11,19H2,1-2H3. The van der Waals surface area contributed by atoms with Gasteiger partial charge in [0.1, 0.15) is 0 Å². The molecule has 0 aromatic heterocycles. The molecule has 3 unspecified atom stereocenters. The van der Waals surface area contributed by atoms with Crippen molar-refractivity contribution < 1.29 is 4.79 Å². The van der Waals surface area contributed by atoms with Gasteiger partial charge in [-0.25, -0.2) is 0 Å². The molecular weight excluding hydrogens is 328 g/mol. The van der Waals surface area contributed by atoms with Crippen molar-refractivity contribution in [1.82, 2.24) is 4.90 Å². The largest absolute Gasteiger partial charge is 0.336 e. The van der Waals surface area contributed by atoms with Crippen LogP contribution in [0.4, 0.5) is 0 Å². The van der Waals surface area contributed by atoms with Crippen LogP contribution in [0.5, 0.6) is 0 Å². The first-order chi connectivity index (χ1) is 10.1. The number of benzene rings is 1. The van der Waals surface area contributed by atoms with E-state index in [1.165, 1.54) is 0 Å². The van der Waals surface area contributed by atoms with E-state index in [1.54, 1.807) is 0 Å². The van der Waals surface area contributed by atoms with Crippen LogP contribution in [0.2, 0.25) is 0 Å². The molecule has 3 atom stereocenters. The summed E-state index contributed by atoms with van der Waals surface area (Å²) in [7, 11) is 0. The van der Waals surface area contributed by atoms with E-state index in [0.29, 0.717) is 0 Å². The molecule has 1 saturated carbocycles. The molecule has 3 nitrogen and oxygen atoms in total. The molecule has 0 heterocycles.